The van der Waals surface area contributed by atoms with Crippen LogP contribution in [0, 0.1) is 0 Å². The Hall–Kier alpha value is -3.81. The fourth-order valence-electron chi connectivity index (χ4n) is 3.96. The number of rotatable bonds is 5. The predicted molar refractivity (Wildman–Crippen MR) is 112 cm³/mol. The highest BCUT2D eigenvalue weighted by Crippen LogP contribution is 2.49. The van der Waals surface area contributed by atoms with Crippen LogP contribution in [0.5, 0.6) is 17.2 Å². The number of fused-ring (bicyclic) bond motifs is 1. The van der Waals surface area contributed by atoms with Gasteiger partial charge in [0.1, 0.15) is 0 Å². The molecule has 5 rings (SSSR count). The third kappa shape index (κ3) is 3.39. The molecule has 2 heterocycles. The number of benzene rings is 2. The van der Waals surface area contributed by atoms with Gasteiger partial charge in [-0.15, -0.1) is 0 Å². The second kappa shape index (κ2) is 7.16. The first-order chi connectivity index (χ1) is 15.0. The zero-order chi connectivity index (χ0) is 21.6. The van der Waals surface area contributed by atoms with E-state index in [0.717, 1.165) is 41.0 Å². The number of amides is 1. The van der Waals surface area contributed by atoms with Gasteiger partial charge >= 0.3 is 0 Å². The maximum atomic E-state index is 12.0. The zero-order valence-corrected chi connectivity index (χ0v) is 16.9. The number of carbonyl (C=O) groups is 1. The van der Waals surface area contributed by atoms with Crippen molar-refractivity contribution in [1.82, 2.24) is 15.1 Å². The molecule has 3 aromatic rings. The molecule has 8 heteroatoms. The lowest BCUT2D eigenvalue weighted by Crippen LogP contribution is -2.30. The first-order valence-corrected chi connectivity index (χ1v) is 10.0. The Morgan fingerprint density at radius 2 is 1.84 bits per heavy atom. The molecule has 1 fully saturated rings. The van der Waals surface area contributed by atoms with Gasteiger partial charge in [0, 0.05) is 12.5 Å². The van der Waals surface area contributed by atoms with Crippen LogP contribution in [0.2, 0.25) is 0 Å². The van der Waals surface area contributed by atoms with E-state index in [-0.39, 0.29) is 17.9 Å². The van der Waals surface area contributed by atoms with Crippen LogP contribution < -0.4 is 20.2 Å². The molecule has 1 aliphatic carbocycles. The van der Waals surface area contributed by atoms with Crippen LogP contribution in [0.4, 0.5) is 0 Å². The van der Waals surface area contributed by atoms with Crippen LogP contribution in [-0.4, -0.2) is 34.6 Å². The van der Waals surface area contributed by atoms with E-state index in [1.807, 2.05) is 18.2 Å². The van der Waals surface area contributed by atoms with E-state index in [4.69, 9.17) is 9.47 Å². The first-order valence-electron chi connectivity index (χ1n) is 10.0. The van der Waals surface area contributed by atoms with Crippen molar-refractivity contribution in [2.24, 2.45) is 0 Å². The second-order valence-electron chi connectivity index (χ2n) is 7.89. The standard InChI is InChI=1S/C23H21N3O5/c1-24-22(29)20-21(28)17(27)11-26(25-20)12-23(8-9-23)16-5-2-14(3-6-16)15-4-7-18-19(10-15)31-13-30-18/h2-7,10-11,27H,8-9,12-13H2,1H3,(H,24,29). The Bertz CT molecular complexity index is 1230. The number of nitrogens with one attached hydrogen (secondary N) is 1. The summed E-state index contributed by atoms with van der Waals surface area (Å²) in [6.07, 6.45) is 3.20. The lowest BCUT2D eigenvalue weighted by molar-refractivity contribution is 0.0953. The molecule has 0 unspecified atom stereocenters. The molecule has 1 saturated carbocycles. The Morgan fingerprint density at radius 1 is 1.13 bits per heavy atom. The highest BCUT2D eigenvalue weighted by molar-refractivity contribution is 5.92. The van der Waals surface area contributed by atoms with Crippen LogP contribution in [0.25, 0.3) is 11.1 Å². The number of ether oxygens (including phenoxy) is 2. The SMILES string of the molecule is CNC(=O)c1nn(CC2(c3ccc(-c4ccc5c(c4)OCO5)cc3)CC2)cc(O)c1=O. The molecule has 1 aromatic heterocycles. The van der Waals surface area contributed by atoms with Crippen molar-refractivity contribution in [1.29, 1.82) is 0 Å². The van der Waals surface area contributed by atoms with Crippen molar-refractivity contribution in [3.05, 3.63) is 70.1 Å². The van der Waals surface area contributed by atoms with E-state index in [9.17, 15) is 14.7 Å². The van der Waals surface area contributed by atoms with Crippen molar-refractivity contribution in [2.45, 2.75) is 24.8 Å². The summed E-state index contributed by atoms with van der Waals surface area (Å²) in [5, 5.41) is 16.5. The summed E-state index contributed by atoms with van der Waals surface area (Å²) in [4.78, 5) is 23.9. The van der Waals surface area contributed by atoms with Crippen LogP contribution in [-0.2, 0) is 12.0 Å². The number of hydrogen-bond donors (Lipinski definition) is 2. The van der Waals surface area contributed by atoms with Crippen molar-refractivity contribution < 1.29 is 19.4 Å². The summed E-state index contributed by atoms with van der Waals surface area (Å²) < 4.78 is 12.3. The average Bonchev–Trinajstić information content (AvgIpc) is 3.41. The summed E-state index contributed by atoms with van der Waals surface area (Å²) in [6, 6.07) is 14.2. The summed E-state index contributed by atoms with van der Waals surface area (Å²) in [5.74, 6) is 0.400. The van der Waals surface area contributed by atoms with Gasteiger partial charge in [0.25, 0.3) is 11.3 Å². The first kappa shape index (κ1) is 19.2. The molecule has 2 N–H and O–H groups in total. The highest BCUT2D eigenvalue weighted by Gasteiger charge is 2.45. The third-order valence-corrected chi connectivity index (χ3v) is 5.91. The molecule has 2 aromatic carbocycles. The number of aromatic nitrogens is 2. The minimum absolute atomic E-state index is 0.137. The van der Waals surface area contributed by atoms with E-state index < -0.39 is 17.1 Å². The molecule has 2 aliphatic rings. The second-order valence-corrected chi connectivity index (χ2v) is 7.89. The topological polar surface area (TPSA) is 103 Å². The van der Waals surface area contributed by atoms with Gasteiger partial charge in [-0.25, -0.2) is 0 Å². The number of aromatic hydroxyl groups is 1. The van der Waals surface area contributed by atoms with Gasteiger partial charge in [-0.05, 0) is 41.7 Å². The van der Waals surface area contributed by atoms with Gasteiger partial charge in [0.05, 0.1) is 12.7 Å². The predicted octanol–water partition coefficient (Wildman–Crippen LogP) is 2.44. The number of hydrogen-bond acceptors (Lipinski definition) is 6. The molecule has 0 spiro atoms. The normalized spacial score (nSPS) is 15.5. The van der Waals surface area contributed by atoms with E-state index in [2.05, 4.69) is 34.7 Å². The maximum Gasteiger partial charge on any atom is 0.275 e. The van der Waals surface area contributed by atoms with Gasteiger partial charge in [-0.2, -0.15) is 5.10 Å². The maximum absolute atomic E-state index is 12.0. The molecule has 0 saturated heterocycles. The molecular formula is C23H21N3O5. The lowest BCUT2D eigenvalue weighted by atomic mass is 9.93. The van der Waals surface area contributed by atoms with Crippen LogP contribution in [0.1, 0.15) is 28.9 Å². The molecule has 1 amide bonds. The minimum atomic E-state index is -0.770. The Morgan fingerprint density at radius 3 is 2.55 bits per heavy atom. The molecule has 31 heavy (non-hydrogen) atoms. The molecule has 0 radical (unpaired) electrons. The lowest BCUT2D eigenvalue weighted by Gasteiger charge is -2.18. The van der Waals surface area contributed by atoms with Crippen molar-refractivity contribution in [3.8, 4) is 28.4 Å². The molecule has 1 aliphatic heterocycles. The van der Waals surface area contributed by atoms with E-state index in [1.54, 1.807) is 0 Å². The summed E-state index contributed by atoms with van der Waals surface area (Å²) >= 11 is 0. The summed E-state index contributed by atoms with van der Waals surface area (Å²) in [6.45, 7) is 0.713. The van der Waals surface area contributed by atoms with Crippen molar-refractivity contribution >= 4 is 5.91 Å². The van der Waals surface area contributed by atoms with Crippen LogP contribution >= 0.6 is 0 Å². The van der Waals surface area contributed by atoms with E-state index in [0.29, 0.717) is 6.54 Å². The molecular weight excluding hydrogens is 398 g/mol. The van der Waals surface area contributed by atoms with Crippen molar-refractivity contribution in [2.75, 3.05) is 13.8 Å². The highest BCUT2D eigenvalue weighted by atomic mass is 16.7. The average molecular weight is 419 g/mol. The summed E-state index contributed by atoms with van der Waals surface area (Å²) in [5.41, 5.74) is 2.05. The Kier molecular flexibility index (Phi) is 4.43. The zero-order valence-electron chi connectivity index (χ0n) is 16.9. The van der Waals surface area contributed by atoms with E-state index >= 15 is 0 Å². The van der Waals surface area contributed by atoms with Crippen LogP contribution in [0.15, 0.2) is 53.5 Å². The van der Waals surface area contributed by atoms with Gasteiger partial charge in [0.15, 0.2) is 22.9 Å². The molecule has 158 valence electrons. The molecule has 0 bridgehead atoms. The van der Waals surface area contributed by atoms with Gasteiger partial charge < -0.3 is 19.9 Å². The van der Waals surface area contributed by atoms with Gasteiger partial charge in [0.2, 0.25) is 6.79 Å². The monoisotopic (exact) mass is 419 g/mol. The smallest absolute Gasteiger partial charge is 0.275 e. The van der Waals surface area contributed by atoms with Gasteiger partial charge in [-0.3, -0.25) is 14.3 Å². The largest absolute Gasteiger partial charge is 0.503 e. The van der Waals surface area contributed by atoms with Gasteiger partial charge in [-0.1, -0.05) is 30.3 Å². The fraction of sp³-hybridized carbons (Fsp3) is 0.261. The molecule has 8 nitrogen and oxygen atoms in total. The Labute approximate surface area is 178 Å². The fourth-order valence-corrected chi connectivity index (χ4v) is 3.96. The third-order valence-electron chi connectivity index (χ3n) is 5.91. The van der Waals surface area contributed by atoms with Crippen LogP contribution in [0.3, 0.4) is 0 Å². The van der Waals surface area contributed by atoms with E-state index in [1.165, 1.54) is 17.9 Å². The summed E-state index contributed by atoms with van der Waals surface area (Å²) in [7, 11) is 1.42. The van der Waals surface area contributed by atoms with Crippen molar-refractivity contribution in [3.63, 3.8) is 0 Å². The quantitative estimate of drug-likeness (QED) is 0.659. The Balaban J connectivity index is 1.40. The minimum Gasteiger partial charge on any atom is -0.503 e. The molecule has 0 atom stereocenters. The number of nitrogens with zero attached hydrogens (tertiary/aromatic N) is 2. The number of carbonyl (C=O) groups excluding carboxylic acids is 1.